The summed E-state index contributed by atoms with van der Waals surface area (Å²) in [7, 11) is 3.80. The Morgan fingerprint density at radius 1 is 1.09 bits per heavy atom. The van der Waals surface area contributed by atoms with Crippen molar-refractivity contribution in [2.45, 2.75) is 17.9 Å². The molecule has 2 atom stereocenters. The van der Waals surface area contributed by atoms with Crippen molar-refractivity contribution in [3.05, 3.63) is 78.1 Å². The fourth-order valence-corrected chi connectivity index (χ4v) is 5.31. The number of carbonyl (C=O) groups excluding carboxylic acids is 2. The Morgan fingerprint density at radius 2 is 1.94 bits per heavy atom. The molecule has 8 heteroatoms. The number of nitrogens with zero attached hydrogens (tertiary/aromatic N) is 5. The fourth-order valence-electron chi connectivity index (χ4n) is 5.31. The van der Waals surface area contributed by atoms with Gasteiger partial charge in [0.1, 0.15) is 28.6 Å². The van der Waals surface area contributed by atoms with Crippen LogP contribution in [0.3, 0.4) is 0 Å². The van der Waals surface area contributed by atoms with Crippen LogP contribution < -0.4 is 5.32 Å². The predicted molar refractivity (Wildman–Crippen MR) is 119 cm³/mol. The summed E-state index contributed by atoms with van der Waals surface area (Å²) in [4.78, 5) is 38.2. The van der Waals surface area contributed by atoms with Crippen molar-refractivity contribution in [2.75, 3.05) is 11.9 Å². The zero-order chi connectivity index (χ0) is 22.0. The molecule has 3 aromatic heterocycles. The lowest BCUT2D eigenvalue weighted by Crippen LogP contribution is -2.44. The lowest BCUT2D eigenvalue weighted by Gasteiger charge is -2.33. The van der Waals surface area contributed by atoms with Crippen LogP contribution in [-0.4, -0.2) is 42.4 Å². The van der Waals surface area contributed by atoms with Gasteiger partial charge in [-0.1, -0.05) is 18.2 Å². The number of likely N-dealkylation sites (tertiary alicyclic amines) is 1. The smallest absolute Gasteiger partial charge is 0.273 e. The molecule has 0 radical (unpaired) electrons. The number of nitrogens with one attached hydrogen (secondary N) is 1. The highest BCUT2D eigenvalue weighted by atomic mass is 16.2. The van der Waals surface area contributed by atoms with Gasteiger partial charge in [0.05, 0.1) is 0 Å². The number of imidazole rings is 1. The summed E-state index contributed by atoms with van der Waals surface area (Å²) in [5, 5.41) is 4.01. The number of fused-ring (bicyclic) bond motifs is 3. The van der Waals surface area contributed by atoms with E-state index in [2.05, 4.69) is 15.3 Å². The van der Waals surface area contributed by atoms with Crippen LogP contribution >= 0.6 is 0 Å². The molecule has 1 aromatic carbocycles. The summed E-state index contributed by atoms with van der Waals surface area (Å²) < 4.78 is 3.79. The van der Waals surface area contributed by atoms with E-state index in [1.165, 1.54) is 0 Å². The molecule has 1 fully saturated rings. The van der Waals surface area contributed by atoms with E-state index in [1.54, 1.807) is 17.2 Å². The van der Waals surface area contributed by atoms with E-state index in [0.717, 1.165) is 22.3 Å². The van der Waals surface area contributed by atoms with Gasteiger partial charge in [-0.2, -0.15) is 0 Å². The van der Waals surface area contributed by atoms with Crippen molar-refractivity contribution in [3.8, 4) is 0 Å². The molecular weight excluding hydrogens is 404 g/mol. The Bertz CT molecular complexity index is 1400. The summed E-state index contributed by atoms with van der Waals surface area (Å²) in [5.41, 5.74) is 1.94. The first-order valence-corrected chi connectivity index (χ1v) is 10.6. The van der Waals surface area contributed by atoms with E-state index in [9.17, 15) is 9.59 Å². The number of aryl methyl sites for hydroxylation is 2. The standard InChI is InChI=1S/C24H22N6O2/c1-28-12-9-15-7-8-18(26-20(15)28)22(31)30-13-10-24(19(30)21-25-11-14-29(21)2)16-5-3-4-6-17(16)27-23(24)32/h3-9,11-12,14,19H,10,13H2,1-2H3,(H,27,32)/t19-,24+/m0/s1. The maximum absolute atomic E-state index is 13.8. The van der Waals surface area contributed by atoms with Crippen LogP contribution in [0.2, 0.25) is 0 Å². The van der Waals surface area contributed by atoms with Crippen LogP contribution in [-0.2, 0) is 24.3 Å². The molecule has 4 aromatic rings. The summed E-state index contributed by atoms with van der Waals surface area (Å²) in [6.07, 6.45) is 5.99. The summed E-state index contributed by atoms with van der Waals surface area (Å²) in [5.74, 6) is 0.394. The van der Waals surface area contributed by atoms with Gasteiger partial charge in [0.15, 0.2) is 0 Å². The lowest BCUT2D eigenvalue weighted by atomic mass is 9.74. The minimum atomic E-state index is -0.888. The third-order valence-electron chi connectivity index (χ3n) is 6.89. The van der Waals surface area contributed by atoms with Crippen LogP contribution in [0.5, 0.6) is 0 Å². The second kappa shape index (κ2) is 6.53. The molecule has 2 amide bonds. The molecule has 1 N–H and O–H groups in total. The lowest BCUT2D eigenvalue weighted by molar-refractivity contribution is -0.121. The maximum atomic E-state index is 13.8. The monoisotopic (exact) mass is 426 g/mol. The van der Waals surface area contributed by atoms with Gasteiger partial charge in [0.25, 0.3) is 5.91 Å². The largest absolute Gasteiger partial charge is 0.336 e. The minimum Gasteiger partial charge on any atom is -0.336 e. The number of hydrogen-bond donors (Lipinski definition) is 1. The molecule has 160 valence electrons. The van der Waals surface area contributed by atoms with Gasteiger partial charge >= 0.3 is 0 Å². The molecule has 0 saturated carbocycles. The van der Waals surface area contributed by atoms with Crippen LogP contribution in [0.1, 0.15) is 34.3 Å². The van der Waals surface area contributed by atoms with Gasteiger partial charge in [-0.05, 0) is 36.2 Å². The molecule has 1 saturated heterocycles. The highest BCUT2D eigenvalue weighted by molar-refractivity contribution is 6.08. The van der Waals surface area contributed by atoms with Crippen molar-refractivity contribution in [1.29, 1.82) is 0 Å². The Labute approximate surface area is 184 Å². The Hall–Kier alpha value is -3.94. The van der Waals surface area contributed by atoms with Crippen LogP contribution in [0.15, 0.2) is 61.1 Å². The molecule has 0 aliphatic carbocycles. The predicted octanol–water partition coefficient (Wildman–Crippen LogP) is 2.78. The molecule has 5 heterocycles. The molecule has 1 spiro atoms. The maximum Gasteiger partial charge on any atom is 0.273 e. The minimum absolute atomic E-state index is 0.0900. The Kier molecular flexibility index (Phi) is 3.83. The zero-order valence-corrected chi connectivity index (χ0v) is 17.8. The summed E-state index contributed by atoms with van der Waals surface area (Å²) >= 11 is 0. The number of anilines is 1. The topological polar surface area (TPSA) is 85.1 Å². The molecular formula is C24H22N6O2. The third-order valence-corrected chi connectivity index (χ3v) is 6.89. The van der Waals surface area contributed by atoms with E-state index < -0.39 is 11.5 Å². The molecule has 6 rings (SSSR count). The highest BCUT2D eigenvalue weighted by Crippen LogP contribution is 2.54. The second-order valence-corrected chi connectivity index (χ2v) is 8.55. The Morgan fingerprint density at radius 3 is 2.75 bits per heavy atom. The van der Waals surface area contributed by atoms with E-state index in [1.807, 2.05) is 72.0 Å². The Balaban J connectivity index is 1.51. The first-order chi connectivity index (χ1) is 15.5. The SMILES string of the molecule is Cn1ccnc1[C@@H]1N(C(=O)c2ccc3ccn(C)c3n2)CC[C@]12C(=O)Nc1ccccc12. The highest BCUT2D eigenvalue weighted by Gasteiger charge is 2.60. The van der Waals surface area contributed by atoms with E-state index in [0.29, 0.717) is 24.5 Å². The van der Waals surface area contributed by atoms with Crippen LogP contribution in [0.25, 0.3) is 11.0 Å². The number of para-hydroxylation sites is 1. The van der Waals surface area contributed by atoms with Crippen LogP contribution in [0.4, 0.5) is 5.69 Å². The van der Waals surface area contributed by atoms with Gasteiger partial charge < -0.3 is 19.4 Å². The molecule has 2 aliphatic rings. The molecule has 0 unspecified atom stereocenters. The summed E-state index contributed by atoms with van der Waals surface area (Å²) in [6, 6.07) is 12.8. The van der Waals surface area contributed by atoms with Crippen molar-refractivity contribution in [3.63, 3.8) is 0 Å². The summed E-state index contributed by atoms with van der Waals surface area (Å²) in [6.45, 7) is 0.435. The third kappa shape index (κ3) is 2.37. The van der Waals surface area contributed by atoms with Gasteiger partial charge in [-0.25, -0.2) is 9.97 Å². The fraction of sp³-hybridized carbons (Fsp3) is 0.250. The first kappa shape index (κ1) is 18.8. The van der Waals surface area contributed by atoms with E-state index in [4.69, 9.17) is 0 Å². The normalized spacial score (nSPS) is 22.0. The number of amides is 2. The number of aromatic nitrogens is 4. The quantitative estimate of drug-likeness (QED) is 0.534. The number of benzene rings is 1. The van der Waals surface area contributed by atoms with Gasteiger partial charge in [-0.15, -0.1) is 0 Å². The number of rotatable bonds is 2. The molecule has 32 heavy (non-hydrogen) atoms. The van der Waals surface area contributed by atoms with Crippen molar-refractivity contribution in [2.24, 2.45) is 14.1 Å². The van der Waals surface area contributed by atoms with E-state index in [-0.39, 0.29) is 11.8 Å². The molecule has 2 aliphatic heterocycles. The van der Waals surface area contributed by atoms with Crippen molar-refractivity contribution >= 4 is 28.5 Å². The van der Waals surface area contributed by atoms with E-state index >= 15 is 0 Å². The van der Waals surface area contributed by atoms with Gasteiger partial charge in [0, 0.05) is 50.3 Å². The van der Waals surface area contributed by atoms with Crippen molar-refractivity contribution in [1.82, 2.24) is 24.0 Å². The molecule has 8 nitrogen and oxygen atoms in total. The zero-order valence-electron chi connectivity index (χ0n) is 17.8. The average Bonchev–Trinajstić information content (AvgIpc) is 3.55. The average molecular weight is 426 g/mol. The molecule has 0 bridgehead atoms. The number of pyridine rings is 1. The number of hydrogen-bond acceptors (Lipinski definition) is 4. The van der Waals surface area contributed by atoms with Gasteiger partial charge in [-0.3, -0.25) is 9.59 Å². The first-order valence-electron chi connectivity index (χ1n) is 10.6. The van der Waals surface area contributed by atoms with Crippen molar-refractivity contribution < 1.29 is 9.59 Å². The number of carbonyl (C=O) groups is 2. The van der Waals surface area contributed by atoms with Gasteiger partial charge in [0.2, 0.25) is 5.91 Å². The second-order valence-electron chi connectivity index (χ2n) is 8.55. The van der Waals surface area contributed by atoms with Crippen LogP contribution in [0, 0.1) is 0 Å².